The number of rotatable bonds is 1. The molecule has 1 rings (SSSR count). The maximum Gasteiger partial charge on any atom is 0.142 e. The standard InChI is InChI=1S/C6H10N2O/c9-4-6-2-1-3-7-5-8-6/h4-6H,1-3H2,(H,7,8). The van der Waals surface area contributed by atoms with Gasteiger partial charge in [0.2, 0.25) is 0 Å². The molecular weight excluding hydrogens is 116 g/mol. The lowest BCUT2D eigenvalue weighted by Gasteiger charge is -2.03. The number of nitrogens with zero attached hydrogens (tertiary/aromatic N) is 1. The summed E-state index contributed by atoms with van der Waals surface area (Å²) in [6, 6.07) is -0.00347. The summed E-state index contributed by atoms with van der Waals surface area (Å²) in [5.74, 6) is 0. The monoisotopic (exact) mass is 126 g/mol. The lowest BCUT2D eigenvalue weighted by molar-refractivity contribution is -0.109. The number of aldehydes is 1. The molecule has 0 aromatic carbocycles. The Bertz CT molecular complexity index is 122. The van der Waals surface area contributed by atoms with Gasteiger partial charge in [-0.25, -0.2) is 0 Å². The third-order valence-corrected chi connectivity index (χ3v) is 1.35. The molecule has 0 aromatic heterocycles. The Morgan fingerprint density at radius 2 is 2.67 bits per heavy atom. The molecule has 9 heavy (non-hydrogen) atoms. The van der Waals surface area contributed by atoms with Gasteiger partial charge < -0.3 is 10.1 Å². The van der Waals surface area contributed by atoms with Crippen LogP contribution < -0.4 is 5.32 Å². The normalized spacial score (nSPS) is 26.4. The van der Waals surface area contributed by atoms with Gasteiger partial charge in [0.15, 0.2) is 0 Å². The first-order valence-electron chi connectivity index (χ1n) is 3.13. The maximum atomic E-state index is 10.2. The van der Waals surface area contributed by atoms with Crippen LogP contribution in [-0.2, 0) is 4.79 Å². The van der Waals surface area contributed by atoms with Crippen molar-refractivity contribution in [3.8, 4) is 0 Å². The molecule has 0 aromatic rings. The van der Waals surface area contributed by atoms with Crippen LogP contribution in [0.5, 0.6) is 0 Å². The molecule has 0 radical (unpaired) electrons. The summed E-state index contributed by atoms with van der Waals surface area (Å²) in [5, 5.41) is 2.87. The van der Waals surface area contributed by atoms with Crippen molar-refractivity contribution in [1.29, 1.82) is 0 Å². The molecule has 1 unspecified atom stereocenters. The highest BCUT2D eigenvalue weighted by Crippen LogP contribution is 1.96. The summed E-state index contributed by atoms with van der Waals surface area (Å²) in [4.78, 5) is 14.2. The van der Waals surface area contributed by atoms with Crippen molar-refractivity contribution in [2.45, 2.75) is 18.9 Å². The van der Waals surface area contributed by atoms with E-state index in [2.05, 4.69) is 10.3 Å². The average molecular weight is 126 g/mol. The lowest BCUT2D eigenvalue weighted by Crippen LogP contribution is -2.27. The van der Waals surface area contributed by atoms with Gasteiger partial charge in [-0.3, -0.25) is 4.99 Å². The van der Waals surface area contributed by atoms with Crippen LogP contribution in [0.15, 0.2) is 4.99 Å². The zero-order valence-electron chi connectivity index (χ0n) is 5.21. The van der Waals surface area contributed by atoms with E-state index in [1.165, 1.54) is 0 Å². The van der Waals surface area contributed by atoms with Crippen LogP contribution in [0.1, 0.15) is 12.8 Å². The van der Waals surface area contributed by atoms with Crippen LogP contribution in [0.25, 0.3) is 0 Å². The van der Waals surface area contributed by atoms with Gasteiger partial charge in [-0.1, -0.05) is 0 Å². The molecule has 0 spiro atoms. The summed E-state index contributed by atoms with van der Waals surface area (Å²) in [6.07, 6.45) is 4.46. The largest absolute Gasteiger partial charge is 0.367 e. The molecule has 1 heterocycles. The summed E-state index contributed by atoms with van der Waals surface area (Å²) in [7, 11) is 0. The molecule has 0 saturated carbocycles. The van der Waals surface area contributed by atoms with E-state index in [0.29, 0.717) is 0 Å². The fourth-order valence-electron chi connectivity index (χ4n) is 0.806. The Hall–Kier alpha value is -0.860. The van der Waals surface area contributed by atoms with Crippen molar-refractivity contribution < 1.29 is 4.79 Å². The second-order valence-electron chi connectivity index (χ2n) is 2.09. The van der Waals surface area contributed by atoms with E-state index in [0.717, 1.165) is 25.7 Å². The molecule has 0 bridgehead atoms. The van der Waals surface area contributed by atoms with Crippen LogP contribution in [0.4, 0.5) is 0 Å². The summed E-state index contributed by atoms with van der Waals surface area (Å²) < 4.78 is 0. The van der Waals surface area contributed by atoms with Gasteiger partial charge in [-0.2, -0.15) is 0 Å². The van der Waals surface area contributed by atoms with Crippen molar-refractivity contribution in [2.75, 3.05) is 6.54 Å². The van der Waals surface area contributed by atoms with Crippen LogP contribution in [0, 0.1) is 0 Å². The summed E-state index contributed by atoms with van der Waals surface area (Å²) in [6.45, 7) is 0.845. The van der Waals surface area contributed by atoms with E-state index in [-0.39, 0.29) is 6.04 Å². The average Bonchev–Trinajstić information content (AvgIpc) is 2.13. The highest BCUT2D eigenvalue weighted by molar-refractivity contribution is 5.66. The number of carbonyl (C=O) groups is 1. The number of hydrogen-bond acceptors (Lipinski definition) is 3. The summed E-state index contributed by atoms with van der Waals surface area (Å²) >= 11 is 0. The van der Waals surface area contributed by atoms with E-state index in [9.17, 15) is 4.79 Å². The van der Waals surface area contributed by atoms with Crippen LogP contribution in [0.3, 0.4) is 0 Å². The molecule has 1 atom stereocenters. The molecule has 3 nitrogen and oxygen atoms in total. The molecule has 0 aliphatic carbocycles. The molecule has 1 N–H and O–H groups in total. The highest BCUT2D eigenvalue weighted by Gasteiger charge is 2.04. The Morgan fingerprint density at radius 3 is 3.44 bits per heavy atom. The minimum absolute atomic E-state index is 0.00347. The van der Waals surface area contributed by atoms with Crippen molar-refractivity contribution in [1.82, 2.24) is 5.32 Å². The molecule has 1 aliphatic heterocycles. The van der Waals surface area contributed by atoms with Crippen LogP contribution in [-0.4, -0.2) is 25.2 Å². The quantitative estimate of drug-likeness (QED) is 0.501. The number of nitrogens with one attached hydrogen (secondary N) is 1. The third-order valence-electron chi connectivity index (χ3n) is 1.35. The van der Waals surface area contributed by atoms with E-state index in [4.69, 9.17) is 0 Å². The SMILES string of the molecule is O=CC1CCCN=CN1. The molecule has 0 saturated heterocycles. The first-order valence-corrected chi connectivity index (χ1v) is 3.13. The zero-order chi connectivity index (χ0) is 6.53. The van der Waals surface area contributed by atoms with Gasteiger partial charge in [0.05, 0.1) is 12.4 Å². The zero-order valence-corrected chi connectivity index (χ0v) is 5.21. The minimum atomic E-state index is -0.00347. The van der Waals surface area contributed by atoms with Crippen molar-refractivity contribution in [2.24, 2.45) is 4.99 Å². The topological polar surface area (TPSA) is 41.5 Å². The maximum absolute atomic E-state index is 10.2. The molecule has 1 aliphatic rings. The molecule has 0 fully saturated rings. The molecule has 50 valence electrons. The molecule has 3 heteroatoms. The van der Waals surface area contributed by atoms with E-state index in [1.807, 2.05) is 0 Å². The van der Waals surface area contributed by atoms with Gasteiger partial charge >= 0.3 is 0 Å². The predicted molar refractivity (Wildman–Crippen MR) is 35.6 cm³/mol. The Morgan fingerprint density at radius 1 is 1.78 bits per heavy atom. The van der Waals surface area contributed by atoms with Gasteiger partial charge in [-0.15, -0.1) is 0 Å². The minimum Gasteiger partial charge on any atom is -0.367 e. The van der Waals surface area contributed by atoms with Crippen molar-refractivity contribution in [3.05, 3.63) is 0 Å². The van der Waals surface area contributed by atoms with E-state index in [1.54, 1.807) is 6.34 Å². The van der Waals surface area contributed by atoms with Gasteiger partial charge in [0.1, 0.15) is 6.29 Å². The number of hydrogen-bond donors (Lipinski definition) is 1. The first-order chi connectivity index (χ1) is 4.43. The molecular formula is C6H10N2O. The lowest BCUT2D eigenvalue weighted by atomic mass is 10.2. The van der Waals surface area contributed by atoms with E-state index < -0.39 is 0 Å². The van der Waals surface area contributed by atoms with Gasteiger partial charge in [0.25, 0.3) is 0 Å². The predicted octanol–water partition coefficient (Wildman–Crippen LogP) is -0.0344. The second-order valence-corrected chi connectivity index (χ2v) is 2.09. The fourth-order valence-corrected chi connectivity index (χ4v) is 0.806. The Labute approximate surface area is 54.2 Å². The number of aliphatic imine (C=N–C) groups is 1. The van der Waals surface area contributed by atoms with Gasteiger partial charge in [0, 0.05) is 6.54 Å². The van der Waals surface area contributed by atoms with Crippen LogP contribution in [0.2, 0.25) is 0 Å². The summed E-state index contributed by atoms with van der Waals surface area (Å²) in [5.41, 5.74) is 0. The van der Waals surface area contributed by atoms with Crippen molar-refractivity contribution >= 4 is 12.6 Å². The Kier molecular flexibility index (Phi) is 2.24. The number of carbonyl (C=O) groups excluding carboxylic acids is 1. The second kappa shape index (κ2) is 3.22. The fraction of sp³-hybridized carbons (Fsp3) is 0.667. The first kappa shape index (κ1) is 6.26. The molecule has 0 amide bonds. The van der Waals surface area contributed by atoms with E-state index >= 15 is 0 Å². The third kappa shape index (κ3) is 1.83. The Balaban J connectivity index is 2.37. The highest BCUT2D eigenvalue weighted by atomic mass is 16.1. The smallest absolute Gasteiger partial charge is 0.142 e. The van der Waals surface area contributed by atoms with Crippen molar-refractivity contribution in [3.63, 3.8) is 0 Å². The van der Waals surface area contributed by atoms with Gasteiger partial charge in [-0.05, 0) is 12.8 Å². The van der Waals surface area contributed by atoms with Crippen LogP contribution >= 0.6 is 0 Å².